The van der Waals surface area contributed by atoms with Crippen molar-refractivity contribution < 1.29 is 4.79 Å². The molecule has 0 bridgehead atoms. The van der Waals surface area contributed by atoms with Crippen molar-refractivity contribution in [2.45, 2.75) is 76.0 Å². The average molecular weight is 374 g/mol. The van der Waals surface area contributed by atoms with E-state index in [1.165, 1.54) is 54.8 Å². The quantitative estimate of drug-likeness (QED) is 0.469. The topological polar surface area (TPSA) is 20.3 Å². The minimum absolute atomic E-state index is 0.655. The third-order valence-electron chi connectivity index (χ3n) is 5.74. The molecule has 0 saturated heterocycles. The molecule has 2 heterocycles. The van der Waals surface area contributed by atoms with Gasteiger partial charge in [-0.15, -0.1) is 0 Å². The van der Waals surface area contributed by atoms with Gasteiger partial charge in [0.15, 0.2) is 0 Å². The van der Waals surface area contributed by atoms with Gasteiger partial charge in [0.1, 0.15) is 6.29 Å². The third-order valence-corrected chi connectivity index (χ3v) is 9.17. The Morgan fingerprint density at radius 1 is 0.920 bits per heavy atom. The molecule has 1 aromatic carbocycles. The molecule has 2 unspecified atom stereocenters. The van der Waals surface area contributed by atoms with Crippen molar-refractivity contribution in [2.24, 2.45) is 0 Å². The van der Waals surface area contributed by atoms with Crippen molar-refractivity contribution in [3.8, 4) is 0 Å². The van der Waals surface area contributed by atoms with Crippen LogP contribution in [0.25, 0.3) is 0 Å². The SMILES string of the molecule is C[Si](C)(C)CC1CCN2CCC(C[Si](C)(C)C)c3cc(C=O)cc1c32. The molecule has 1 aromatic rings. The van der Waals surface area contributed by atoms with E-state index in [0.29, 0.717) is 11.8 Å². The monoisotopic (exact) mass is 373 g/mol. The molecule has 0 amide bonds. The summed E-state index contributed by atoms with van der Waals surface area (Å²) in [5, 5.41) is 0. The summed E-state index contributed by atoms with van der Waals surface area (Å²) in [5.74, 6) is 1.31. The van der Waals surface area contributed by atoms with E-state index in [1.54, 1.807) is 0 Å². The van der Waals surface area contributed by atoms with Gasteiger partial charge in [0.25, 0.3) is 0 Å². The summed E-state index contributed by atoms with van der Waals surface area (Å²) in [6, 6.07) is 7.13. The summed E-state index contributed by atoms with van der Waals surface area (Å²) in [7, 11) is -2.25. The Balaban J connectivity index is 2.07. The van der Waals surface area contributed by atoms with Crippen molar-refractivity contribution in [1.82, 2.24) is 0 Å². The summed E-state index contributed by atoms with van der Waals surface area (Å²) < 4.78 is 0. The zero-order chi connectivity index (χ0) is 18.4. The second-order valence-corrected chi connectivity index (χ2v) is 21.7. The molecule has 3 rings (SSSR count). The van der Waals surface area contributed by atoms with Crippen LogP contribution < -0.4 is 4.90 Å². The number of nitrogens with zero attached hydrogens (tertiary/aromatic N) is 1. The number of hydrogen-bond acceptors (Lipinski definition) is 2. The Labute approximate surface area is 156 Å². The fraction of sp³-hybridized carbons (Fsp3) is 0.667. The molecule has 25 heavy (non-hydrogen) atoms. The van der Waals surface area contributed by atoms with Gasteiger partial charge >= 0.3 is 0 Å². The van der Waals surface area contributed by atoms with E-state index in [9.17, 15) is 4.79 Å². The Morgan fingerprint density at radius 2 is 1.36 bits per heavy atom. The number of benzene rings is 1. The fourth-order valence-electron chi connectivity index (χ4n) is 4.93. The van der Waals surface area contributed by atoms with Gasteiger partial charge in [-0.05, 0) is 47.9 Å². The van der Waals surface area contributed by atoms with Gasteiger partial charge in [-0.25, -0.2) is 0 Å². The van der Waals surface area contributed by atoms with Crippen LogP contribution >= 0.6 is 0 Å². The fourth-order valence-corrected chi connectivity index (χ4v) is 8.74. The maximum absolute atomic E-state index is 11.6. The first-order valence-corrected chi connectivity index (χ1v) is 17.4. The van der Waals surface area contributed by atoms with Crippen LogP contribution in [0.5, 0.6) is 0 Å². The van der Waals surface area contributed by atoms with Gasteiger partial charge in [0.2, 0.25) is 0 Å². The van der Waals surface area contributed by atoms with E-state index in [2.05, 4.69) is 56.3 Å². The Hall–Kier alpha value is -0.876. The van der Waals surface area contributed by atoms with Crippen LogP contribution in [-0.2, 0) is 0 Å². The van der Waals surface area contributed by atoms with Gasteiger partial charge in [0, 0.05) is 40.5 Å². The van der Waals surface area contributed by atoms with Crippen molar-refractivity contribution in [2.75, 3.05) is 18.0 Å². The smallest absolute Gasteiger partial charge is 0.150 e. The molecule has 0 saturated carbocycles. The molecule has 0 spiro atoms. The second-order valence-electron chi connectivity index (χ2n) is 10.7. The van der Waals surface area contributed by atoms with E-state index < -0.39 is 16.1 Å². The van der Waals surface area contributed by atoms with Crippen LogP contribution in [-0.4, -0.2) is 35.5 Å². The third kappa shape index (κ3) is 4.28. The predicted octanol–water partition coefficient (Wildman–Crippen LogP) is 5.96. The average Bonchev–Trinajstić information content (AvgIpc) is 2.49. The largest absolute Gasteiger partial charge is 0.371 e. The molecule has 2 nitrogen and oxygen atoms in total. The molecule has 2 aliphatic heterocycles. The Bertz CT molecular complexity index is 608. The normalized spacial score (nSPS) is 23.4. The standard InChI is InChI=1S/C21H35NOSi2/c1-24(2,3)14-17-7-9-22-10-8-18(15-25(4,5)6)20-12-16(13-23)11-19(17)21(20)22/h11-13,17-18H,7-10,14-15H2,1-6H3. The van der Waals surface area contributed by atoms with E-state index >= 15 is 0 Å². The van der Waals surface area contributed by atoms with Crippen LogP contribution in [0.1, 0.15) is 46.2 Å². The molecular formula is C21H35NOSi2. The van der Waals surface area contributed by atoms with Gasteiger partial charge in [0.05, 0.1) is 0 Å². The van der Waals surface area contributed by atoms with E-state index in [1.807, 2.05) is 0 Å². The van der Waals surface area contributed by atoms with E-state index in [4.69, 9.17) is 0 Å². The lowest BCUT2D eigenvalue weighted by Gasteiger charge is -2.44. The minimum Gasteiger partial charge on any atom is -0.371 e. The maximum atomic E-state index is 11.6. The zero-order valence-electron chi connectivity index (χ0n) is 17.0. The molecule has 0 aliphatic carbocycles. The lowest BCUT2D eigenvalue weighted by atomic mass is 9.81. The minimum atomic E-state index is -1.13. The van der Waals surface area contributed by atoms with Crippen molar-refractivity contribution in [1.29, 1.82) is 0 Å². The summed E-state index contributed by atoms with van der Waals surface area (Å²) in [6.07, 6.45) is 3.59. The van der Waals surface area contributed by atoms with Crippen LogP contribution in [0, 0.1) is 0 Å². The Morgan fingerprint density at radius 3 is 1.72 bits per heavy atom. The first-order valence-electron chi connectivity index (χ1n) is 9.95. The molecule has 4 heteroatoms. The molecule has 0 aromatic heterocycles. The van der Waals surface area contributed by atoms with Gasteiger partial charge in [-0.2, -0.15) is 0 Å². The summed E-state index contributed by atoms with van der Waals surface area (Å²) in [5.41, 5.74) is 5.41. The number of carbonyl (C=O) groups excluding carboxylic acids is 1. The summed E-state index contributed by atoms with van der Waals surface area (Å²) in [4.78, 5) is 14.3. The summed E-state index contributed by atoms with van der Waals surface area (Å²) in [6.45, 7) is 17.3. The predicted molar refractivity (Wildman–Crippen MR) is 115 cm³/mol. The van der Waals surface area contributed by atoms with Gasteiger partial charge in [-0.3, -0.25) is 4.79 Å². The number of anilines is 1. The first kappa shape index (κ1) is 18.9. The molecular weight excluding hydrogens is 338 g/mol. The molecule has 0 N–H and O–H groups in total. The molecule has 0 fully saturated rings. The first-order chi connectivity index (χ1) is 11.6. The lowest BCUT2D eigenvalue weighted by molar-refractivity contribution is 0.112. The van der Waals surface area contributed by atoms with Gasteiger partial charge < -0.3 is 4.90 Å². The van der Waals surface area contributed by atoms with Crippen LogP contribution in [0.4, 0.5) is 5.69 Å². The number of hydrogen-bond donors (Lipinski definition) is 0. The second kappa shape index (κ2) is 6.69. The van der Waals surface area contributed by atoms with Crippen LogP contribution in [0.2, 0.25) is 51.4 Å². The Kier molecular flexibility index (Phi) is 5.06. The highest BCUT2D eigenvalue weighted by atomic mass is 28.3. The van der Waals surface area contributed by atoms with Crippen molar-refractivity contribution in [3.63, 3.8) is 0 Å². The number of aldehydes is 1. The zero-order valence-corrected chi connectivity index (χ0v) is 19.0. The molecule has 0 radical (unpaired) electrons. The highest BCUT2D eigenvalue weighted by Crippen LogP contribution is 2.48. The molecule has 138 valence electrons. The number of rotatable bonds is 5. The van der Waals surface area contributed by atoms with Crippen LogP contribution in [0.15, 0.2) is 12.1 Å². The highest BCUT2D eigenvalue weighted by Gasteiger charge is 2.36. The summed E-state index contributed by atoms with van der Waals surface area (Å²) >= 11 is 0. The van der Waals surface area contributed by atoms with Crippen LogP contribution in [0.3, 0.4) is 0 Å². The number of carbonyl (C=O) groups is 1. The van der Waals surface area contributed by atoms with Gasteiger partial charge in [-0.1, -0.05) is 51.4 Å². The van der Waals surface area contributed by atoms with Crippen molar-refractivity contribution in [3.05, 3.63) is 28.8 Å². The molecule has 2 atom stereocenters. The highest BCUT2D eigenvalue weighted by molar-refractivity contribution is 6.76. The van der Waals surface area contributed by atoms with E-state index in [0.717, 1.165) is 11.8 Å². The lowest BCUT2D eigenvalue weighted by Crippen LogP contribution is -2.39. The van der Waals surface area contributed by atoms with E-state index in [-0.39, 0.29) is 0 Å². The maximum Gasteiger partial charge on any atom is 0.150 e. The molecule has 2 aliphatic rings. The van der Waals surface area contributed by atoms with Crippen molar-refractivity contribution >= 4 is 28.1 Å².